The van der Waals surface area contributed by atoms with Crippen molar-refractivity contribution in [2.75, 3.05) is 18.5 Å². The minimum absolute atomic E-state index is 0.586. The van der Waals surface area contributed by atoms with Crippen LogP contribution in [0.15, 0.2) is 24.3 Å². The van der Waals surface area contributed by atoms with E-state index in [0.717, 1.165) is 13.1 Å². The number of hydrogen-bond donors (Lipinski definition) is 1. The minimum Gasteiger partial charge on any atom is -0.373 e. The van der Waals surface area contributed by atoms with Crippen molar-refractivity contribution < 1.29 is 0 Å². The van der Waals surface area contributed by atoms with Crippen LogP contribution in [-0.2, 0) is 6.54 Å². The second-order valence-corrected chi connectivity index (χ2v) is 4.74. The van der Waals surface area contributed by atoms with Crippen LogP contribution >= 0.6 is 0 Å². The third-order valence-corrected chi connectivity index (χ3v) is 3.23. The standard InChI is InChI=1S/C13H20N2/c1-10(2)12-9-15(3)13-7-5-4-6-11(13)8-14-12/h4-7,10,12,14H,8-9H2,1-3H3. The number of likely N-dealkylation sites (N-methyl/N-ethyl adjacent to an activating group) is 1. The summed E-state index contributed by atoms with van der Waals surface area (Å²) >= 11 is 0. The third kappa shape index (κ3) is 2.15. The van der Waals surface area contributed by atoms with Crippen LogP contribution < -0.4 is 10.2 Å². The molecule has 2 heteroatoms. The molecule has 15 heavy (non-hydrogen) atoms. The van der Waals surface area contributed by atoms with E-state index in [9.17, 15) is 0 Å². The molecule has 82 valence electrons. The van der Waals surface area contributed by atoms with Crippen molar-refractivity contribution in [2.45, 2.75) is 26.4 Å². The summed E-state index contributed by atoms with van der Waals surface area (Å²) in [5.74, 6) is 0.682. The average Bonchev–Trinajstić information content (AvgIpc) is 2.39. The smallest absolute Gasteiger partial charge is 0.0409 e. The fourth-order valence-corrected chi connectivity index (χ4v) is 2.18. The Morgan fingerprint density at radius 3 is 2.80 bits per heavy atom. The van der Waals surface area contributed by atoms with E-state index in [1.165, 1.54) is 11.3 Å². The average molecular weight is 204 g/mol. The first kappa shape index (κ1) is 10.5. The lowest BCUT2D eigenvalue weighted by Gasteiger charge is -2.25. The Bertz CT molecular complexity index is 333. The highest BCUT2D eigenvalue weighted by atomic mass is 15.2. The zero-order chi connectivity index (χ0) is 10.8. The first-order chi connectivity index (χ1) is 7.18. The number of fused-ring (bicyclic) bond motifs is 1. The molecule has 1 aromatic rings. The fourth-order valence-electron chi connectivity index (χ4n) is 2.18. The summed E-state index contributed by atoms with van der Waals surface area (Å²) in [6.45, 7) is 6.64. The van der Waals surface area contributed by atoms with Crippen molar-refractivity contribution in [2.24, 2.45) is 5.92 Å². The van der Waals surface area contributed by atoms with Crippen LogP contribution in [-0.4, -0.2) is 19.6 Å². The van der Waals surface area contributed by atoms with Crippen LogP contribution in [0.5, 0.6) is 0 Å². The number of para-hydroxylation sites is 1. The SMILES string of the molecule is CC(C)C1CN(C)c2ccccc2CN1. The Hall–Kier alpha value is -1.02. The molecule has 1 heterocycles. The second-order valence-electron chi connectivity index (χ2n) is 4.74. The van der Waals surface area contributed by atoms with E-state index in [2.05, 4.69) is 55.4 Å². The van der Waals surface area contributed by atoms with Gasteiger partial charge in [-0.05, 0) is 17.5 Å². The molecular weight excluding hydrogens is 184 g/mol. The van der Waals surface area contributed by atoms with E-state index < -0.39 is 0 Å². The third-order valence-electron chi connectivity index (χ3n) is 3.23. The topological polar surface area (TPSA) is 15.3 Å². The lowest BCUT2D eigenvalue weighted by atomic mass is 10.0. The predicted octanol–water partition coefficient (Wildman–Crippen LogP) is 2.25. The van der Waals surface area contributed by atoms with E-state index in [1.807, 2.05) is 0 Å². The molecular formula is C13H20N2. The van der Waals surface area contributed by atoms with Crippen molar-refractivity contribution >= 4 is 5.69 Å². The summed E-state index contributed by atoms with van der Waals surface area (Å²) in [5, 5.41) is 3.63. The van der Waals surface area contributed by atoms with Crippen molar-refractivity contribution in [1.82, 2.24) is 5.32 Å². The van der Waals surface area contributed by atoms with Crippen molar-refractivity contribution in [3.05, 3.63) is 29.8 Å². The van der Waals surface area contributed by atoms with Crippen LogP contribution in [0.2, 0.25) is 0 Å². The fraction of sp³-hybridized carbons (Fsp3) is 0.538. The van der Waals surface area contributed by atoms with Crippen LogP contribution in [0.25, 0.3) is 0 Å². The molecule has 1 aliphatic heterocycles. The van der Waals surface area contributed by atoms with Gasteiger partial charge in [-0.2, -0.15) is 0 Å². The molecule has 1 unspecified atom stereocenters. The first-order valence-corrected chi connectivity index (χ1v) is 5.71. The number of benzene rings is 1. The molecule has 0 bridgehead atoms. The van der Waals surface area contributed by atoms with Crippen LogP contribution in [0.4, 0.5) is 5.69 Å². The zero-order valence-electron chi connectivity index (χ0n) is 9.83. The highest BCUT2D eigenvalue weighted by Gasteiger charge is 2.20. The molecule has 0 aromatic heterocycles. The van der Waals surface area contributed by atoms with E-state index in [4.69, 9.17) is 0 Å². The van der Waals surface area contributed by atoms with Gasteiger partial charge in [0.25, 0.3) is 0 Å². The van der Waals surface area contributed by atoms with Gasteiger partial charge in [0.05, 0.1) is 0 Å². The maximum Gasteiger partial charge on any atom is 0.0409 e. The molecule has 0 saturated carbocycles. The molecule has 1 N–H and O–H groups in total. The summed E-state index contributed by atoms with van der Waals surface area (Å²) in [6.07, 6.45) is 0. The number of nitrogens with zero attached hydrogens (tertiary/aromatic N) is 1. The summed E-state index contributed by atoms with van der Waals surface area (Å²) < 4.78 is 0. The molecule has 1 atom stereocenters. The van der Waals surface area contributed by atoms with Crippen LogP contribution in [0.3, 0.4) is 0 Å². The second kappa shape index (κ2) is 4.23. The quantitative estimate of drug-likeness (QED) is 0.755. The Morgan fingerprint density at radius 2 is 2.07 bits per heavy atom. The van der Waals surface area contributed by atoms with Gasteiger partial charge in [0.1, 0.15) is 0 Å². The van der Waals surface area contributed by atoms with E-state index >= 15 is 0 Å². The Balaban J connectivity index is 2.24. The van der Waals surface area contributed by atoms with Crippen molar-refractivity contribution in [3.63, 3.8) is 0 Å². The summed E-state index contributed by atoms with van der Waals surface area (Å²) in [7, 11) is 2.18. The summed E-state index contributed by atoms with van der Waals surface area (Å²) in [5.41, 5.74) is 2.77. The molecule has 1 aliphatic rings. The Labute approximate surface area is 92.3 Å². The summed E-state index contributed by atoms with van der Waals surface area (Å²) in [4.78, 5) is 2.36. The Kier molecular flexibility index (Phi) is 2.96. The van der Waals surface area contributed by atoms with Gasteiger partial charge in [0, 0.05) is 31.9 Å². The number of anilines is 1. The van der Waals surface area contributed by atoms with Gasteiger partial charge in [-0.3, -0.25) is 0 Å². The molecule has 0 amide bonds. The molecule has 2 rings (SSSR count). The van der Waals surface area contributed by atoms with Crippen molar-refractivity contribution in [1.29, 1.82) is 0 Å². The maximum absolute atomic E-state index is 3.63. The number of nitrogens with one attached hydrogen (secondary N) is 1. The van der Waals surface area contributed by atoms with Gasteiger partial charge in [0.15, 0.2) is 0 Å². The van der Waals surface area contributed by atoms with Gasteiger partial charge in [-0.15, -0.1) is 0 Å². The zero-order valence-corrected chi connectivity index (χ0v) is 9.83. The van der Waals surface area contributed by atoms with Gasteiger partial charge < -0.3 is 10.2 Å². The van der Waals surface area contributed by atoms with E-state index in [-0.39, 0.29) is 0 Å². The highest BCUT2D eigenvalue weighted by Crippen LogP contribution is 2.23. The normalized spacial score (nSPS) is 21.3. The molecule has 0 spiro atoms. The molecule has 2 nitrogen and oxygen atoms in total. The number of rotatable bonds is 1. The largest absolute Gasteiger partial charge is 0.373 e. The van der Waals surface area contributed by atoms with Gasteiger partial charge in [-0.25, -0.2) is 0 Å². The monoisotopic (exact) mass is 204 g/mol. The maximum atomic E-state index is 3.63. The van der Waals surface area contributed by atoms with Crippen molar-refractivity contribution in [3.8, 4) is 0 Å². The number of hydrogen-bond acceptors (Lipinski definition) is 2. The van der Waals surface area contributed by atoms with Gasteiger partial charge >= 0.3 is 0 Å². The molecule has 0 fully saturated rings. The van der Waals surface area contributed by atoms with Crippen LogP contribution in [0.1, 0.15) is 19.4 Å². The minimum atomic E-state index is 0.586. The van der Waals surface area contributed by atoms with E-state index in [0.29, 0.717) is 12.0 Å². The van der Waals surface area contributed by atoms with Gasteiger partial charge in [-0.1, -0.05) is 32.0 Å². The van der Waals surface area contributed by atoms with Crippen LogP contribution in [0, 0.1) is 5.92 Å². The molecule has 0 radical (unpaired) electrons. The molecule has 0 saturated heterocycles. The predicted molar refractivity (Wildman–Crippen MR) is 65.2 cm³/mol. The lowest BCUT2D eigenvalue weighted by Crippen LogP contribution is -2.40. The highest BCUT2D eigenvalue weighted by molar-refractivity contribution is 5.53. The lowest BCUT2D eigenvalue weighted by molar-refractivity contribution is 0.408. The van der Waals surface area contributed by atoms with E-state index in [1.54, 1.807) is 0 Å². The summed E-state index contributed by atoms with van der Waals surface area (Å²) in [6, 6.07) is 9.23. The molecule has 0 aliphatic carbocycles. The first-order valence-electron chi connectivity index (χ1n) is 5.71. The Morgan fingerprint density at radius 1 is 1.33 bits per heavy atom. The van der Waals surface area contributed by atoms with Gasteiger partial charge in [0.2, 0.25) is 0 Å². The molecule has 1 aromatic carbocycles.